The summed E-state index contributed by atoms with van der Waals surface area (Å²) in [7, 11) is 0. The second-order valence-electron chi connectivity index (χ2n) is 7.13. The van der Waals surface area contributed by atoms with Crippen LogP contribution in [0.3, 0.4) is 0 Å². The van der Waals surface area contributed by atoms with Crippen LogP contribution >= 0.6 is 0 Å². The van der Waals surface area contributed by atoms with Crippen molar-refractivity contribution in [1.29, 1.82) is 0 Å². The lowest BCUT2D eigenvalue weighted by Gasteiger charge is -2.18. The summed E-state index contributed by atoms with van der Waals surface area (Å²) in [5, 5.41) is 5.10. The van der Waals surface area contributed by atoms with Crippen molar-refractivity contribution >= 4 is 23.8 Å². The van der Waals surface area contributed by atoms with Gasteiger partial charge in [-0.25, -0.2) is 4.79 Å². The molecule has 0 aliphatic carbocycles. The minimum atomic E-state index is -1.01. The van der Waals surface area contributed by atoms with E-state index in [1.165, 1.54) is 6.92 Å². The molecule has 32 heavy (non-hydrogen) atoms. The number of hydrogen-bond donors (Lipinski definition) is 2. The fourth-order valence-electron chi connectivity index (χ4n) is 2.77. The second-order valence-corrected chi connectivity index (χ2v) is 7.13. The van der Waals surface area contributed by atoms with Crippen LogP contribution in [0.1, 0.15) is 37.3 Å². The number of rotatable bonds is 12. The molecule has 1 atom stereocenters. The first-order valence-electron chi connectivity index (χ1n) is 10.4. The molecule has 2 aromatic rings. The third kappa shape index (κ3) is 9.88. The SMILES string of the molecule is CC(=O)NCCC(=O)NC(CCC(=O)OCc1ccccc1)C(=O)OCc1ccccc1. The molecule has 2 amide bonds. The molecule has 8 nitrogen and oxygen atoms in total. The van der Waals surface area contributed by atoms with Crippen molar-refractivity contribution in [3.63, 3.8) is 0 Å². The van der Waals surface area contributed by atoms with Gasteiger partial charge in [0.1, 0.15) is 19.3 Å². The van der Waals surface area contributed by atoms with Crippen molar-refractivity contribution in [3.8, 4) is 0 Å². The van der Waals surface area contributed by atoms with Crippen LogP contribution in [0.25, 0.3) is 0 Å². The lowest BCUT2D eigenvalue weighted by Crippen LogP contribution is -2.43. The Kier molecular flexibility index (Phi) is 10.4. The van der Waals surface area contributed by atoms with E-state index < -0.39 is 23.9 Å². The zero-order valence-electron chi connectivity index (χ0n) is 18.0. The average molecular weight is 440 g/mol. The molecule has 0 fully saturated rings. The highest BCUT2D eigenvalue weighted by Gasteiger charge is 2.23. The van der Waals surface area contributed by atoms with Crippen LogP contribution in [0.15, 0.2) is 60.7 Å². The van der Waals surface area contributed by atoms with Gasteiger partial charge in [0.2, 0.25) is 11.8 Å². The van der Waals surface area contributed by atoms with E-state index in [0.29, 0.717) is 0 Å². The van der Waals surface area contributed by atoms with Crippen molar-refractivity contribution in [3.05, 3.63) is 71.8 Å². The van der Waals surface area contributed by atoms with Crippen LogP contribution in [0, 0.1) is 0 Å². The smallest absolute Gasteiger partial charge is 0.328 e. The van der Waals surface area contributed by atoms with Crippen LogP contribution in [-0.2, 0) is 41.9 Å². The molecule has 2 N–H and O–H groups in total. The Bertz CT molecular complexity index is 886. The van der Waals surface area contributed by atoms with Gasteiger partial charge in [-0.3, -0.25) is 14.4 Å². The minimum absolute atomic E-state index is 0.000495. The third-order valence-electron chi connectivity index (χ3n) is 4.45. The number of amides is 2. The molecule has 0 spiro atoms. The Hall–Kier alpha value is -3.68. The van der Waals surface area contributed by atoms with E-state index in [1.54, 1.807) is 0 Å². The highest BCUT2D eigenvalue weighted by molar-refractivity contribution is 5.85. The summed E-state index contributed by atoms with van der Waals surface area (Å²) in [6, 6.07) is 17.4. The first-order chi connectivity index (χ1) is 15.4. The topological polar surface area (TPSA) is 111 Å². The summed E-state index contributed by atoms with van der Waals surface area (Å²) in [4.78, 5) is 47.8. The molecular weight excluding hydrogens is 412 g/mol. The molecule has 0 saturated carbocycles. The quantitative estimate of drug-likeness (QED) is 0.490. The summed E-state index contributed by atoms with van der Waals surface area (Å²) in [5.41, 5.74) is 1.66. The first-order valence-corrected chi connectivity index (χ1v) is 10.4. The van der Waals surface area contributed by atoms with Crippen LogP contribution in [-0.4, -0.2) is 36.3 Å². The van der Waals surface area contributed by atoms with Crippen molar-refractivity contribution in [1.82, 2.24) is 10.6 Å². The van der Waals surface area contributed by atoms with Gasteiger partial charge in [0.25, 0.3) is 0 Å². The highest BCUT2D eigenvalue weighted by atomic mass is 16.5. The monoisotopic (exact) mass is 440 g/mol. The molecule has 0 aromatic heterocycles. The van der Waals surface area contributed by atoms with Gasteiger partial charge in [0.05, 0.1) is 0 Å². The number of benzene rings is 2. The van der Waals surface area contributed by atoms with E-state index in [0.717, 1.165) is 11.1 Å². The Balaban J connectivity index is 1.87. The van der Waals surface area contributed by atoms with Gasteiger partial charge in [0, 0.05) is 26.3 Å². The van der Waals surface area contributed by atoms with Crippen molar-refractivity contribution < 1.29 is 28.7 Å². The van der Waals surface area contributed by atoms with E-state index in [1.807, 2.05) is 60.7 Å². The molecule has 0 heterocycles. The van der Waals surface area contributed by atoms with Gasteiger partial charge < -0.3 is 20.1 Å². The van der Waals surface area contributed by atoms with Crippen molar-refractivity contribution in [2.24, 2.45) is 0 Å². The average Bonchev–Trinajstić information content (AvgIpc) is 2.80. The maximum Gasteiger partial charge on any atom is 0.328 e. The molecule has 8 heteroatoms. The van der Waals surface area contributed by atoms with E-state index in [-0.39, 0.29) is 44.9 Å². The number of ether oxygens (including phenoxy) is 2. The van der Waals surface area contributed by atoms with E-state index in [4.69, 9.17) is 9.47 Å². The Labute approximate surface area is 187 Å². The Morgan fingerprint density at radius 1 is 0.812 bits per heavy atom. The number of carbonyl (C=O) groups is 4. The summed E-state index contributed by atoms with van der Waals surface area (Å²) in [6.45, 7) is 1.68. The van der Waals surface area contributed by atoms with Gasteiger partial charge >= 0.3 is 11.9 Å². The maximum atomic E-state index is 12.6. The van der Waals surface area contributed by atoms with E-state index in [9.17, 15) is 19.2 Å². The summed E-state index contributed by atoms with van der Waals surface area (Å²) >= 11 is 0. The molecule has 2 rings (SSSR count). The number of carbonyl (C=O) groups excluding carboxylic acids is 4. The minimum Gasteiger partial charge on any atom is -0.461 e. The highest BCUT2D eigenvalue weighted by Crippen LogP contribution is 2.08. The fourth-order valence-corrected chi connectivity index (χ4v) is 2.77. The lowest BCUT2D eigenvalue weighted by atomic mass is 10.1. The summed E-state index contributed by atoms with van der Waals surface area (Å²) in [6.07, 6.45) is -0.0302. The lowest BCUT2D eigenvalue weighted by molar-refractivity contribution is -0.150. The molecule has 0 bridgehead atoms. The number of nitrogens with one attached hydrogen (secondary N) is 2. The first kappa shape index (κ1) is 24.6. The van der Waals surface area contributed by atoms with Crippen LogP contribution in [0.5, 0.6) is 0 Å². The van der Waals surface area contributed by atoms with Gasteiger partial charge in [-0.15, -0.1) is 0 Å². The zero-order chi connectivity index (χ0) is 23.2. The van der Waals surface area contributed by atoms with Gasteiger partial charge in [-0.1, -0.05) is 60.7 Å². The fraction of sp³-hybridized carbons (Fsp3) is 0.333. The van der Waals surface area contributed by atoms with E-state index >= 15 is 0 Å². The predicted molar refractivity (Wildman–Crippen MR) is 117 cm³/mol. The summed E-state index contributed by atoms with van der Waals surface area (Å²) < 4.78 is 10.6. The standard InChI is InChI=1S/C24H28N2O6/c1-18(27)25-15-14-22(28)26-21(24(30)32-17-20-10-6-3-7-11-20)12-13-23(29)31-16-19-8-4-2-5-9-19/h2-11,21H,12-17H2,1H3,(H,25,27)(H,26,28). The van der Waals surface area contributed by atoms with Crippen LogP contribution in [0.2, 0.25) is 0 Å². The third-order valence-corrected chi connectivity index (χ3v) is 4.45. The molecule has 2 aromatic carbocycles. The molecule has 0 saturated heterocycles. The van der Waals surface area contributed by atoms with Crippen molar-refractivity contribution in [2.75, 3.05) is 6.54 Å². The Morgan fingerprint density at radius 3 is 1.94 bits per heavy atom. The summed E-state index contributed by atoms with van der Waals surface area (Å²) in [5.74, 6) is -1.81. The zero-order valence-corrected chi connectivity index (χ0v) is 18.0. The molecule has 1 unspecified atom stereocenters. The molecule has 0 aliphatic rings. The predicted octanol–water partition coefficient (Wildman–Crippen LogP) is 2.26. The second kappa shape index (κ2) is 13.6. The van der Waals surface area contributed by atoms with Crippen molar-refractivity contribution in [2.45, 2.75) is 45.4 Å². The Morgan fingerprint density at radius 2 is 1.38 bits per heavy atom. The number of hydrogen-bond acceptors (Lipinski definition) is 6. The molecular formula is C24H28N2O6. The normalized spacial score (nSPS) is 11.2. The maximum absolute atomic E-state index is 12.6. The molecule has 0 radical (unpaired) electrons. The van der Waals surface area contributed by atoms with Gasteiger partial charge in [-0.2, -0.15) is 0 Å². The van der Waals surface area contributed by atoms with E-state index in [2.05, 4.69) is 10.6 Å². The van der Waals surface area contributed by atoms with Gasteiger partial charge in [-0.05, 0) is 17.5 Å². The largest absolute Gasteiger partial charge is 0.461 e. The number of esters is 2. The molecule has 0 aliphatic heterocycles. The van der Waals surface area contributed by atoms with Gasteiger partial charge in [0.15, 0.2) is 0 Å². The molecule has 170 valence electrons. The van der Waals surface area contributed by atoms with Crippen LogP contribution in [0.4, 0.5) is 0 Å². The van der Waals surface area contributed by atoms with Crippen LogP contribution < -0.4 is 10.6 Å².